The van der Waals surface area contributed by atoms with Crippen LogP contribution in [-0.2, 0) is 11.3 Å². The monoisotopic (exact) mass is 410 g/mol. The SMILES string of the molecule is Cc1cc(NC(=O)C(C)(O)Cn2cc(I)cn2)ccc1C#N. The minimum absolute atomic E-state index is 0.0527. The number of aromatic nitrogens is 2. The number of aliphatic hydroxyl groups is 1. The van der Waals surface area contributed by atoms with E-state index in [1.807, 2.05) is 0 Å². The van der Waals surface area contributed by atoms with E-state index in [-0.39, 0.29) is 6.54 Å². The molecule has 1 aromatic carbocycles. The van der Waals surface area contributed by atoms with E-state index < -0.39 is 11.5 Å². The Kier molecular flexibility index (Phi) is 4.83. The Morgan fingerprint density at radius 2 is 2.32 bits per heavy atom. The van der Waals surface area contributed by atoms with Crippen molar-refractivity contribution in [1.82, 2.24) is 9.78 Å². The molecule has 1 aromatic heterocycles. The van der Waals surface area contributed by atoms with Crippen molar-refractivity contribution < 1.29 is 9.90 Å². The van der Waals surface area contributed by atoms with E-state index in [0.717, 1.165) is 9.13 Å². The minimum atomic E-state index is -1.60. The van der Waals surface area contributed by atoms with Gasteiger partial charge in [0, 0.05) is 11.9 Å². The van der Waals surface area contributed by atoms with E-state index in [9.17, 15) is 9.90 Å². The number of nitriles is 1. The van der Waals surface area contributed by atoms with Crippen LogP contribution in [0.1, 0.15) is 18.1 Å². The number of amides is 1. The van der Waals surface area contributed by atoms with Gasteiger partial charge in [0.05, 0.1) is 27.9 Å². The summed E-state index contributed by atoms with van der Waals surface area (Å²) in [7, 11) is 0. The molecular formula is C15H15IN4O2. The molecule has 0 radical (unpaired) electrons. The smallest absolute Gasteiger partial charge is 0.257 e. The van der Waals surface area contributed by atoms with Gasteiger partial charge < -0.3 is 10.4 Å². The predicted molar refractivity (Wildman–Crippen MR) is 90.1 cm³/mol. The second-order valence-corrected chi connectivity index (χ2v) is 6.47. The van der Waals surface area contributed by atoms with Gasteiger partial charge in [0.2, 0.25) is 0 Å². The lowest BCUT2D eigenvalue weighted by molar-refractivity contribution is -0.133. The maximum atomic E-state index is 12.2. The number of aryl methyl sites for hydroxylation is 1. The molecule has 0 aliphatic heterocycles. The van der Waals surface area contributed by atoms with Crippen LogP contribution < -0.4 is 5.32 Å². The van der Waals surface area contributed by atoms with Crippen LogP contribution in [0.25, 0.3) is 0 Å². The maximum Gasteiger partial charge on any atom is 0.257 e. The van der Waals surface area contributed by atoms with Crippen molar-refractivity contribution in [3.63, 3.8) is 0 Å². The lowest BCUT2D eigenvalue weighted by atomic mass is 10.1. The summed E-state index contributed by atoms with van der Waals surface area (Å²) in [6.45, 7) is 3.28. The van der Waals surface area contributed by atoms with Gasteiger partial charge in [0.1, 0.15) is 0 Å². The number of nitrogens with one attached hydrogen (secondary N) is 1. The van der Waals surface area contributed by atoms with Crippen molar-refractivity contribution in [2.75, 3.05) is 5.32 Å². The second-order valence-electron chi connectivity index (χ2n) is 5.23. The number of hydrogen-bond donors (Lipinski definition) is 2. The predicted octanol–water partition coefficient (Wildman–Crippen LogP) is 2.06. The molecule has 7 heteroatoms. The van der Waals surface area contributed by atoms with Crippen LogP contribution in [0.15, 0.2) is 30.6 Å². The van der Waals surface area contributed by atoms with Crippen LogP contribution in [-0.4, -0.2) is 26.4 Å². The van der Waals surface area contributed by atoms with Crippen LogP contribution in [0.2, 0.25) is 0 Å². The summed E-state index contributed by atoms with van der Waals surface area (Å²) >= 11 is 2.11. The number of rotatable bonds is 4. The van der Waals surface area contributed by atoms with Crippen molar-refractivity contribution in [3.8, 4) is 6.07 Å². The number of hydrogen-bond acceptors (Lipinski definition) is 4. The second kappa shape index (κ2) is 6.46. The molecule has 0 aliphatic carbocycles. The summed E-state index contributed by atoms with van der Waals surface area (Å²) in [6.07, 6.45) is 3.40. The van der Waals surface area contributed by atoms with Crippen molar-refractivity contribution in [1.29, 1.82) is 5.26 Å². The van der Waals surface area contributed by atoms with Crippen molar-refractivity contribution in [3.05, 3.63) is 45.3 Å². The first-order valence-electron chi connectivity index (χ1n) is 6.54. The number of halogens is 1. The molecule has 1 atom stereocenters. The Labute approximate surface area is 141 Å². The lowest BCUT2D eigenvalue weighted by Crippen LogP contribution is -2.43. The molecule has 1 amide bonds. The third-order valence-corrected chi connectivity index (χ3v) is 3.72. The molecule has 6 nitrogen and oxygen atoms in total. The van der Waals surface area contributed by atoms with E-state index in [0.29, 0.717) is 11.3 Å². The standard InChI is InChI=1S/C15H15IN4O2/c1-10-5-13(4-3-11(10)6-17)19-14(21)15(2,22)9-20-8-12(16)7-18-20/h3-5,7-8,22H,9H2,1-2H3,(H,19,21). The molecule has 0 saturated heterocycles. The third kappa shape index (κ3) is 3.84. The Hall–Kier alpha value is -1.92. The summed E-state index contributed by atoms with van der Waals surface area (Å²) in [6, 6.07) is 7.03. The van der Waals surface area contributed by atoms with Crippen molar-refractivity contribution in [2.24, 2.45) is 0 Å². The molecular weight excluding hydrogens is 395 g/mol. The number of carbonyl (C=O) groups is 1. The minimum Gasteiger partial charge on any atom is -0.378 e. The van der Waals surface area contributed by atoms with Gasteiger partial charge in [-0.05, 0) is 60.2 Å². The van der Waals surface area contributed by atoms with Crippen molar-refractivity contribution >= 4 is 34.2 Å². The van der Waals surface area contributed by atoms with Gasteiger partial charge in [-0.1, -0.05) is 0 Å². The average molecular weight is 410 g/mol. The molecule has 0 bridgehead atoms. The number of nitrogens with zero attached hydrogens (tertiary/aromatic N) is 3. The van der Waals surface area contributed by atoms with Crippen LogP contribution in [0.3, 0.4) is 0 Å². The average Bonchev–Trinajstić information content (AvgIpc) is 2.83. The fraction of sp³-hybridized carbons (Fsp3) is 0.267. The van der Waals surface area contributed by atoms with Crippen molar-refractivity contribution in [2.45, 2.75) is 26.0 Å². The maximum absolute atomic E-state index is 12.2. The lowest BCUT2D eigenvalue weighted by Gasteiger charge is -2.22. The highest BCUT2D eigenvalue weighted by molar-refractivity contribution is 14.1. The molecule has 114 valence electrons. The van der Waals surface area contributed by atoms with Crippen LogP contribution >= 0.6 is 22.6 Å². The Morgan fingerprint density at radius 1 is 1.59 bits per heavy atom. The van der Waals surface area contributed by atoms with E-state index >= 15 is 0 Å². The van der Waals surface area contributed by atoms with Gasteiger partial charge in [-0.2, -0.15) is 10.4 Å². The van der Waals surface area contributed by atoms with Gasteiger partial charge in [-0.15, -0.1) is 0 Å². The fourth-order valence-electron chi connectivity index (χ4n) is 1.94. The first-order chi connectivity index (χ1) is 10.3. The van der Waals surface area contributed by atoms with E-state index in [1.54, 1.807) is 37.5 Å². The Morgan fingerprint density at radius 3 is 2.86 bits per heavy atom. The number of benzene rings is 1. The molecule has 0 saturated carbocycles. The number of carbonyl (C=O) groups excluding carboxylic acids is 1. The molecule has 1 heterocycles. The summed E-state index contributed by atoms with van der Waals surface area (Å²) in [5.74, 6) is -0.526. The molecule has 2 N–H and O–H groups in total. The molecule has 2 aromatic rings. The van der Waals surface area contributed by atoms with E-state index in [2.05, 4.69) is 39.1 Å². The van der Waals surface area contributed by atoms with Gasteiger partial charge >= 0.3 is 0 Å². The molecule has 0 spiro atoms. The normalized spacial score (nSPS) is 13.2. The molecule has 0 fully saturated rings. The van der Waals surface area contributed by atoms with Gasteiger partial charge in [0.15, 0.2) is 5.60 Å². The Bertz CT molecular complexity index is 746. The first kappa shape index (κ1) is 16.5. The molecule has 22 heavy (non-hydrogen) atoms. The first-order valence-corrected chi connectivity index (χ1v) is 7.62. The zero-order valence-corrected chi connectivity index (χ0v) is 14.3. The fourth-order valence-corrected chi connectivity index (χ4v) is 2.39. The summed E-state index contributed by atoms with van der Waals surface area (Å²) in [5, 5.41) is 26.0. The van der Waals surface area contributed by atoms with Gasteiger partial charge in [0.25, 0.3) is 5.91 Å². The molecule has 0 aliphatic rings. The van der Waals surface area contributed by atoms with E-state index in [4.69, 9.17) is 5.26 Å². The quantitative estimate of drug-likeness (QED) is 0.756. The zero-order chi connectivity index (χ0) is 16.3. The topological polar surface area (TPSA) is 90.9 Å². The zero-order valence-electron chi connectivity index (χ0n) is 12.2. The molecule has 1 unspecified atom stereocenters. The highest BCUT2D eigenvalue weighted by atomic mass is 127. The highest BCUT2D eigenvalue weighted by Crippen LogP contribution is 2.17. The van der Waals surface area contributed by atoms with Crippen LogP contribution in [0.4, 0.5) is 5.69 Å². The third-order valence-electron chi connectivity index (χ3n) is 3.17. The van der Waals surface area contributed by atoms with E-state index in [1.165, 1.54) is 11.6 Å². The largest absolute Gasteiger partial charge is 0.378 e. The van der Waals surface area contributed by atoms with Gasteiger partial charge in [-0.3, -0.25) is 9.48 Å². The highest BCUT2D eigenvalue weighted by Gasteiger charge is 2.31. The summed E-state index contributed by atoms with van der Waals surface area (Å²) in [5.41, 5.74) is 0.256. The van der Waals surface area contributed by atoms with Crippen LogP contribution in [0, 0.1) is 21.8 Å². The number of anilines is 1. The summed E-state index contributed by atoms with van der Waals surface area (Å²) < 4.78 is 2.45. The van der Waals surface area contributed by atoms with Crippen LogP contribution in [0.5, 0.6) is 0 Å². The van der Waals surface area contributed by atoms with Gasteiger partial charge in [-0.25, -0.2) is 0 Å². The summed E-state index contributed by atoms with van der Waals surface area (Å²) in [4.78, 5) is 12.2. The Balaban J connectivity index is 2.10. The molecule has 2 rings (SSSR count).